The van der Waals surface area contributed by atoms with Crippen LogP contribution in [0.4, 0.5) is 15.3 Å². The highest BCUT2D eigenvalue weighted by molar-refractivity contribution is 7.90. The number of benzene rings is 1. The minimum absolute atomic E-state index is 0.0231. The Morgan fingerprint density at radius 1 is 1.23 bits per heavy atom. The number of carbonyl (C=O) groups excluding carboxylic acids is 2. The van der Waals surface area contributed by atoms with E-state index in [1.807, 2.05) is 13.8 Å². The zero-order valence-electron chi connectivity index (χ0n) is 17.5. The SMILES string of the molecule is CC(C)NC(=O)N1CCC(OCC2CN(c3ccc(S(C)(=O)=O)cc3)C(=O)O2)CC1. The third kappa shape index (κ3) is 5.63. The van der Waals surface area contributed by atoms with Crippen molar-refractivity contribution in [1.29, 1.82) is 0 Å². The molecular weight excluding hydrogens is 410 g/mol. The Balaban J connectivity index is 1.46. The monoisotopic (exact) mass is 439 g/mol. The first-order chi connectivity index (χ1) is 14.1. The van der Waals surface area contributed by atoms with Crippen molar-refractivity contribution in [2.24, 2.45) is 0 Å². The fourth-order valence-electron chi connectivity index (χ4n) is 3.50. The summed E-state index contributed by atoms with van der Waals surface area (Å²) >= 11 is 0. The average Bonchev–Trinajstić information content (AvgIpc) is 3.06. The van der Waals surface area contributed by atoms with E-state index in [-0.39, 0.29) is 29.7 Å². The lowest BCUT2D eigenvalue weighted by atomic mass is 10.1. The minimum atomic E-state index is -3.29. The first-order valence-electron chi connectivity index (χ1n) is 10.1. The molecule has 1 aromatic rings. The van der Waals surface area contributed by atoms with Crippen molar-refractivity contribution in [3.63, 3.8) is 0 Å². The smallest absolute Gasteiger partial charge is 0.414 e. The van der Waals surface area contributed by atoms with Crippen LogP contribution in [0.1, 0.15) is 26.7 Å². The van der Waals surface area contributed by atoms with Crippen molar-refractivity contribution in [1.82, 2.24) is 10.2 Å². The second-order valence-electron chi connectivity index (χ2n) is 8.01. The van der Waals surface area contributed by atoms with Gasteiger partial charge in [0, 0.05) is 31.1 Å². The summed E-state index contributed by atoms with van der Waals surface area (Å²) in [4.78, 5) is 27.7. The van der Waals surface area contributed by atoms with Gasteiger partial charge in [0.15, 0.2) is 9.84 Å². The predicted molar refractivity (Wildman–Crippen MR) is 111 cm³/mol. The lowest BCUT2D eigenvalue weighted by Crippen LogP contribution is -2.48. The fourth-order valence-corrected chi connectivity index (χ4v) is 4.13. The van der Waals surface area contributed by atoms with E-state index in [9.17, 15) is 18.0 Å². The topological polar surface area (TPSA) is 105 Å². The molecule has 1 aromatic carbocycles. The van der Waals surface area contributed by atoms with E-state index in [2.05, 4.69) is 5.32 Å². The van der Waals surface area contributed by atoms with Crippen LogP contribution in [0.2, 0.25) is 0 Å². The molecule has 2 fully saturated rings. The van der Waals surface area contributed by atoms with Gasteiger partial charge in [-0.1, -0.05) is 0 Å². The molecule has 166 valence electrons. The van der Waals surface area contributed by atoms with E-state index in [1.54, 1.807) is 17.0 Å². The number of nitrogens with zero attached hydrogens (tertiary/aromatic N) is 2. The lowest BCUT2D eigenvalue weighted by Gasteiger charge is -2.32. The molecule has 3 rings (SSSR count). The number of rotatable bonds is 6. The number of cyclic esters (lactones) is 1. The maximum Gasteiger partial charge on any atom is 0.414 e. The number of piperidine rings is 1. The molecular formula is C20H29N3O6S. The summed E-state index contributed by atoms with van der Waals surface area (Å²) in [6.45, 7) is 5.75. The molecule has 0 bridgehead atoms. The van der Waals surface area contributed by atoms with Crippen LogP contribution in [0.25, 0.3) is 0 Å². The van der Waals surface area contributed by atoms with Gasteiger partial charge in [-0.2, -0.15) is 0 Å². The molecule has 2 aliphatic heterocycles. The number of anilines is 1. The third-order valence-corrected chi connectivity index (χ3v) is 6.24. The second kappa shape index (κ2) is 9.22. The van der Waals surface area contributed by atoms with Crippen LogP contribution in [-0.4, -0.2) is 76.2 Å². The Morgan fingerprint density at radius 2 is 1.87 bits per heavy atom. The average molecular weight is 440 g/mol. The van der Waals surface area contributed by atoms with Gasteiger partial charge >= 0.3 is 12.1 Å². The van der Waals surface area contributed by atoms with Crippen molar-refractivity contribution in [3.8, 4) is 0 Å². The molecule has 0 aliphatic carbocycles. The molecule has 0 radical (unpaired) electrons. The highest BCUT2D eigenvalue weighted by Gasteiger charge is 2.33. The second-order valence-corrected chi connectivity index (χ2v) is 10.0. The van der Waals surface area contributed by atoms with Crippen molar-refractivity contribution >= 4 is 27.6 Å². The number of carbonyl (C=O) groups is 2. The van der Waals surface area contributed by atoms with Gasteiger partial charge in [0.25, 0.3) is 0 Å². The van der Waals surface area contributed by atoms with Crippen LogP contribution in [-0.2, 0) is 19.3 Å². The molecule has 1 atom stereocenters. The van der Waals surface area contributed by atoms with Crippen LogP contribution in [0.5, 0.6) is 0 Å². The quantitative estimate of drug-likeness (QED) is 0.727. The van der Waals surface area contributed by atoms with Gasteiger partial charge in [-0.05, 0) is 51.0 Å². The Morgan fingerprint density at radius 3 is 2.43 bits per heavy atom. The molecule has 2 heterocycles. The molecule has 1 unspecified atom stereocenters. The summed E-state index contributed by atoms with van der Waals surface area (Å²) in [7, 11) is -3.29. The fraction of sp³-hybridized carbons (Fsp3) is 0.600. The minimum Gasteiger partial charge on any atom is -0.441 e. The lowest BCUT2D eigenvalue weighted by molar-refractivity contribution is -0.0229. The summed E-state index contributed by atoms with van der Waals surface area (Å²) in [5, 5.41) is 2.89. The van der Waals surface area contributed by atoms with Crippen LogP contribution in [0.15, 0.2) is 29.2 Å². The number of hydrogen-bond acceptors (Lipinski definition) is 6. The first-order valence-corrected chi connectivity index (χ1v) is 12.0. The normalized spacial score (nSPS) is 20.5. The van der Waals surface area contributed by atoms with E-state index in [1.165, 1.54) is 17.0 Å². The largest absolute Gasteiger partial charge is 0.441 e. The van der Waals surface area contributed by atoms with Gasteiger partial charge in [0.1, 0.15) is 6.10 Å². The maximum atomic E-state index is 12.2. The molecule has 10 heteroatoms. The molecule has 0 spiro atoms. The highest BCUT2D eigenvalue weighted by atomic mass is 32.2. The zero-order valence-corrected chi connectivity index (χ0v) is 18.4. The number of urea groups is 1. The number of ether oxygens (including phenoxy) is 2. The molecule has 0 aromatic heterocycles. The molecule has 2 aliphatic rings. The first kappa shape index (κ1) is 22.4. The Labute approximate surface area is 177 Å². The standard InChI is InChI=1S/C20H29N3O6S/c1-14(2)21-19(24)22-10-8-16(9-11-22)28-13-17-12-23(20(25)29-17)15-4-6-18(7-5-15)30(3,26)27/h4-7,14,16-17H,8-13H2,1-3H3,(H,21,24). The van der Waals surface area contributed by atoms with Gasteiger partial charge in [0.2, 0.25) is 0 Å². The van der Waals surface area contributed by atoms with E-state index >= 15 is 0 Å². The third-order valence-electron chi connectivity index (χ3n) is 5.11. The van der Waals surface area contributed by atoms with Gasteiger partial charge in [-0.25, -0.2) is 18.0 Å². The summed E-state index contributed by atoms with van der Waals surface area (Å²) in [6.07, 6.45) is 1.77. The number of nitrogens with one attached hydrogen (secondary N) is 1. The zero-order chi connectivity index (χ0) is 21.9. The van der Waals surface area contributed by atoms with E-state index in [0.717, 1.165) is 19.1 Å². The number of sulfone groups is 1. The van der Waals surface area contributed by atoms with E-state index in [0.29, 0.717) is 25.3 Å². The van der Waals surface area contributed by atoms with Gasteiger partial charge in [-0.3, -0.25) is 4.90 Å². The molecule has 1 N–H and O–H groups in total. The van der Waals surface area contributed by atoms with Crippen LogP contribution in [0.3, 0.4) is 0 Å². The Hall–Kier alpha value is -2.33. The summed E-state index contributed by atoms with van der Waals surface area (Å²) < 4.78 is 34.5. The predicted octanol–water partition coefficient (Wildman–Crippen LogP) is 2.01. The molecule has 3 amide bonds. The van der Waals surface area contributed by atoms with Gasteiger partial charge in [0.05, 0.1) is 24.2 Å². The van der Waals surface area contributed by atoms with Crippen LogP contribution in [0, 0.1) is 0 Å². The number of likely N-dealkylation sites (tertiary alicyclic amines) is 1. The molecule has 2 saturated heterocycles. The highest BCUT2D eigenvalue weighted by Crippen LogP contribution is 2.24. The van der Waals surface area contributed by atoms with Crippen molar-refractivity contribution in [2.45, 2.75) is 49.8 Å². The van der Waals surface area contributed by atoms with E-state index in [4.69, 9.17) is 9.47 Å². The van der Waals surface area contributed by atoms with Crippen molar-refractivity contribution in [2.75, 3.05) is 37.4 Å². The van der Waals surface area contributed by atoms with Gasteiger partial charge < -0.3 is 19.7 Å². The number of amides is 3. The number of hydrogen-bond donors (Lipinski definition) is 1. The molecule has 0 saturated carbocycles. The Bertz CT molecular complexity index is 863. The Kier molecular flexibility index (Phi) is 6.87. The summed E-state index contributed by atoms with van der Waals surface area (Å²) in [5.74, 6) is 0. The van der Waals surface area contributed by atoms with Crippen molar-refractivity contribution in [3.05, 3.63) is 24.3 Å². The van der Waals surface area contributed by atoms with Crippen LogP contribution >= 0.6 is 0 Å². The van der Waals surface area contributed by atoms with Gasteiger partial charge in [-0.15, -0.1) is 0 Å². The molecule has 30 heavy (non-hydrogen) atoms. The summed E-state index contributed by atoms with van der Waals surface area (Å²) in [5.41, 5.74) is 0.583. The van der Waals surface area contributed by atoms with Crippen LogP contribution < -0.4 is 10.2 Å². The maximum absolute atomic E-state index is 12.2. The molecule has 9 nitrogen and oxygen atoms in total. The van der Waals surface area contributed by atoms with Crippen molar-refractivity contribution < 1.29 is 27.5 Å². The van der Waals surface area contributed by atoms with E-state index < -0.39 is 22.0 Å². The summed E-state index contributed by atoms with van der Waals surface area (Å²) in [6, 6.07) is 6.20.